The fourth-order valence-corrected chi connectivity index (χ4v) is 5.15. The first kappa shape index (κ1) is 8.81. The lowest BCUT2D eigenvalue weighted by Crippen LogP contribution is -2.44. The zero-order valence-corrected chi connectivity index (χ0v) is 7.70. The third-order valence-corrected chi connectivity index (χ3v) is 5.73. The maximum absolute atomic E-state index is 9.60. The van der Waals surface area contributed by atoms with Crippen LogP contribution in [0, 0.1) is 0 Å². The number of hydrogen-bond acceptors (Lipinski definition) is 3. The van der Waals surface area contributed by atoms with Gasteiger partial charge in [0.05, 0.1) is 0 Å². The van der Waals surface area contributed by atoms with Gasteiger partial charge in [0.1, 0.15) is 29.8 Å². The highest BCUT2D eigenvalue weighted by molar-refractivity contribution is 7.97. The molecule has 3 nitrogen and oxygen atoms in total. The molecule has 1 unspecified atom stereocenters. The topological polar surface area (TPSA) is 60.7 Å². The normalized spacial score (nSPS) is 53.8. The first-order chi connectivity index (χ1) is 5.70. The molecule has 2 rings (SSSR count). The minimum atomic E-state index is -0.677. The van der Waals surface area contributed by atoms with Crippen LogP contribution in [0.4, 0.5) is 0 Å². The van der Waals surface area contributed by atoms with E-state index < -0.39 is 12.2 Å². The van der Waals surface area contributed by atoms with E-state index in [0.717, 1.165) is 18.6 Å². The Morgan fingerprint density at radius 1 is 1.08 bits per heavy atom. The Kier molecular flexibility index (Phi) is 2.33. The molecular weight excluding hydrogens is 176 g/mol. The Balaban J connectivity index is 2.12. The maximum Gasteiger partial charge on any atom is 0.172 e. The number of aliphatic hydroxyl groups is 3. The van der Waals surface area contributed by atoms with Crippen molar-refractivity contribution in [2.24, 2.45) is 0 Å². The highest BCUT2D eigenvalue weighted by Crippen LogP contribution is 2.32. The monoisotopic (exact) mass is 191 g/mol. The molecule has 0 spiro atoms. The van der Waals surface area contributed by atoms with E-state index in [4.69, 9.17) is 0 Å². The first-order valence-corrected chi connectivity index (χ1v) is 6.03. The average molecular weight is 191 g/mol. The molecule has 12 heavy (non-hydrogen) atoms. The van der Waals surface area contributed by atoms with Crippen molar-refractivity contribution in [1.29, 1.82) is 0 Å². The molecule has 0 aromatic heterocycles. The number of aliphatic hydroxyl groups excluding tert-OH is 3. The maximum atomic E-state index is 9.60. The molecule has 0 bridgehead atoms. The largest absolute Gasteiger partial charge is 0.388 e. The highest BCUT2D eigenvalue weighted by atomic mass is 32.2. The summed E-state index contributed by atoms with van der Waals surface area (Å²) >= 11 is 0. The Morgan fingerprint density at radius 2 is 1.83 bits per heavy atom. The summed E-state index contributed by atoms with van der Waals surface area (Å²) in [6.45, 7) is 0. The van der Waals surface area contributed by atoms with Gasteiger partial charge in [0.15, 0.2) is 5.25 Å². The molecule has 0 radical (unpaired) electrons. The van der Waals surface area contributed by atoms with Crippen LogP contribution in [0.1, 0.15) is 12.8 Å². The van der Waals surface area contributed by atoms with Crippen molar-refractivity contribution in [1.82, 2.24) is 0 Å². The lowest BCUT2D eigenvalue weighted by Gasteiger charge is -2.24. The van der Waals surface area contributed by atoms with Crippen molar-refractivity contribution in [2.45, 2.75) is 36.4 Å². The van der Waals surface area contributed by atoms with E-state index >= 15 is 0 Å². The second kappa shape index (κ2) is 3.18. The molecule has 4 heteroatoms. The molecule has 2 aliphatic heterocycles. The minimum Gasteiger partial charge on any atom is -0.388 e. The fourth-order valence-electron chi connectivity index (χ4n) is 2.16. The van der Waals surface area contributed by atoms with E-state index in [1.165, 1.54) is 0 Å². The molecule has 3 N–H and O–H groups in total. The summed E-state index contributed by atoms with van der Waals surface area (Å²) in [5.41, 5.74) is 0. The number of fused-ring (bicyclic) bond motifs is 1. The third-order valence-electron chi connectivity index (χ3n) is 2.79. The summed E-state index contributed by atoms with van der Waals surface area (Å²) in [6.07, 6.45) is 0.182. The molecule has 2 saturated heterocycles. The molecule has 5 atom stereocenters. The molecule has 0 aliphatic carbocycles. The molecule has 0 aromatic carbocycles. The Bertz CT molecular complexity index is 176. The Hall–Kier alpha value is 0.230. The van der Waals surface area contributed by atoms with Crippen molar-refractivity contribution in [3.63, 3.8) is 0 Å². The van der Waals surface area contributed by atoms with Gasteiger partial charge in [-0.3, -0.25) is 0 Å². The summed E-state index contributed by atoms with van der Waals surface area (Å²) < 4.78 is 0. The van der Waals surface area contributed by atoms with Crippen LogP contribution in [0.25, 0.3) is 0 Å². The van der Waals surface area contributed by atoms with Gasteiger partial charge in [0.25, 0.3) is 0 Å². The lowest BCUT2D eigenvalue weighted by atomic mass is 10.0. The van der Waals surface area contributed by atoms with Crippen LogP contribution < -0.4 is 0 Å². The molecule has 2 aliphatic rings. The van der Waals surface area contributed by atoms with Gasteiger partial charge in [0, 0.05) is 0 Å². The molecule has 0 saturated carbocycles. The van der Waals surface area contributed by atoms with E-state index in [1.54, 1.807) is 0 Å². The molecular formula is C8H15O3S+. The number of hydrogen-bond donors (Lipinski definition) is 3. The van der Waals surface area contributed by atoms with Crippen LogP contribution in [-0.4, -0.2) is 50.4 Å². The van der Waals surface area contributed by atoms with E-state index in [9.17, 15) is 15.3 Å². The van der Waals surface area contributed by atoms with Gasteiger partial charge in [-0.05, 0) is 23.7 Å². The van der Waals surface area contributed by atoms with Gasteiger partial charge < -0.3 is 15.3 Å². The van der Waals surface area contributed by atoms with Crippen molar-refractivity contribution >= 4 is 10.9 Å². The average Bonchev–Trinajstić information content (AvgIpc) is 2.29. The second-order valence-corrected chi connectivity index (χ2v) is 6.00. The predicted octanol–water partition coefficient (Wildman–Crippen LogP) is -1.14. The van der Waals surface area contributed by atoms with Gasteiger partial charge >= 0.3 is 0 Å². The van der Waals surface area contributed by atoms with Gasteiger partial charge in [-0.2, -0.15) is 0 Å². The van der Waals surface area contributed by atoms with Crippen LogP contribution in [0.3, 0.4) is 0 Å². The molecule has 0 aromatic rings. The van der Waals surface area contributed by atoms with Gasteiger partial charge in [-0.1, -0.05) is 0 Å². The van der Waals surface area contributed by atoms with Crippen molar-refractivity contribution in [3.8, 4) is 0 Å². The van der Waals surface area contributed by atoms with Crippen molar-refractivity contribution in [3.05, 3.63) is 0 Å². The third kappa shape index (κ3) is 1.27. The summed E-state index contributed by atoms with van der Waals surface area (Å²) in [4.78, 5) is 0. The molecule has 0 amide bonds. The van der Waals surface area contributed by atoms with Crippen LogP contribution >= 0.6 is 0 Å². The summed E-state index contributed by atoms with van der Waals surface area (Å²) in [7, 11) is 0.0745. The smallest absolute Gasteiger partial charge is 0.172 e. The SMILES string of the molecule is O[C@@H]1[C@H]2[C@H](O)CCC[S+]2C[C@H]1O. The Morgan fingerprint density at radius 3 is 2.50 bits per heavy atom. The van der Waals surface area contributed by atoms with E-state index in [0.29, 0.717) is 5.75 Å². The molecule has 2 fully saturated rings. The van der Waals surface area contributed by atoms with Crippen LogP contribution in [0.5, 0.6) is 0 Å². The fraction of sp³-hybridized carbons (Fsp3) is 1.00. The van der Waals surface area contributed by atoms with Crippen molar-refractivity contribution in [2.75, 3.05) is 11.5 Å². The lowest BCUT2D eigenvalue weighted by molar-refractivity contribution is 0.0119. The predicted molar refractivity (Wildman–Crippen MR) is 48.1 cm³/mol. The van der Waals surface area contributed by atoms with E-state index in [1.807, 2.05) is 0 Å². The molecule has 70 valence electrons. The van der Waals surface area contributed by atoms with Crippen molar-refractivity contribution < 1.29 is 15.3 Å². The summed E-state index contributed by atoms with van der Waals surface area (Å²) in [6, 6.07) is 0. The zero-order valence-electron chi connectivity index (χ0n) is 6.89. The highest BCUT2D eigenvalue weighted by Gasteiger charge is 2.54. The number of rotatable bonds is 0. The summed E-state index contributed by atoms with van der Waals surface area (Å²) in [5.74, 6) is 1.78. The van der Waals surface area contributed by atoms with Crippen LogP contribution in [0.15, 0.2) is 0 Å². The Labute approximate surface area is 74.8 Å². The van der Waals surface area contributed by atoms with Gasteiger partial charge in [-0.15, -0.1) is 0 Å². The van der Waals surface area contributed by atoms with E-state index in [2.05, 4.69) is 0 Å². The standard InChI is InChI=1S/C8H15O3S/c9-5-2-1-3-12-4-6(10)7(11)8(5)12/h5-11H,1-4H2/q+1/t5-,6-,7+,8-,12?/m1/s1. The zero-order chi connectivity index (χ0) is 8.72. The van der Waals surface area contributed by atoms with Crippen LogP contribution in [-0.2, 0) is 10.9 Å². The first-order valence-electron chi connectivity index (χ1n) is 4.40. The minimum absolute atomic E-state index is 0.0336. The summed E-state index contributed by atoms with van der Waals surface area (Å²) in [5, 5.41) is 28.5. The van der Waals surface area contributed by atoms with Gasteiger partial charge in [0.2, 0.25) is 0 Å². The second-order valence-electron chi connectivity index (χ2n) is 3.64. The molecule has 2 heterocycles. The van der Waals surface area contributed by atoms with Crippen LogP contribution in [0.2, 0.25) is 0 Å². The quantitative estimate of drug-likeness (QED) is 0.424. The van der Waals surface area contributed by atoms with Gasteiger partial charge in [-0.25, -0.2) is 0 Å². The van der Waals surface area contributed by atoms with E-state index in [-0.39, 0.29) is 22.2 Å².